The number of hydrogen-bond acceptors (Lipinski definition) is 4. The van der Waals surface area contributed by atoms with Gasteiger partial charge < -0.3 is 10.1 Å². The highest BCUT2D eigenvalue weighted by Crippen LogP contribution is 2.13. The monoisotopic (exact) mass is 336 g/mol. The molecule has 0 saturated carbocycles. The Morgan fingerprint density at radius 1 is 0.880 bits per heavy atom. The summed E-state index contributed by atoms with van der Waals surface area (Å²) in [6, 6.07) is 15.4. The molecule has 3 rings (SSSR count). The molecule has 2 aromatic carbocycles. The Hall–Kier alpha value is -3.74. The molecule has 0 spiro atoms. The van der Waals surface area contributed by atoms with E-state index in [0.29, 0.717) is 11.1 Å². The number of aromatic carboxylic acids is 1. The fraction of sp³-hybridized carbons (Fsp3) is 0. The van der Waals surface area contributed by atoms with Crippen LogP contribution in [0, 0.1) is 0 Å². The average molecular weight is 336 g/mol. The number of nitrogens with one attached hydrogen (secondary N) is 1. The van der Waals surface area contributed by atoms with Crippen molar-refractivity contribution in [2.24, 2.45) is 0 Å². The maximum atomic E-state index is 12.5. The van der Waals surface area contributed by atoms with Gasteiger partial charge in [-0.3, -0.25) is 9.59 Å². The molecule has 2 N–H and O–H groups in total. The molecule has 7 nitrogen and oxygen atoms in total. The Labute approximate surface area is 140 Å². The van der Waals surface area contributed by atoms with Crippen LogP contribution >= 0.6 is 0 Å². The van der Waals surface area contributed by atoms with Crippen molar-refractivity contribution < 1.29 is 14.7 Å². The first kappa shape index (κ1) is 16.1. The van der Waals surface area contributed by atoms with Crippen LogP contribution in [0.2, 0.25) is 0 Å². The number of benzene rings is 2. The molecule has 0 atom stereocenters. The zero-order valence-electron chi connectivity index (χ0n) is 12.8. The van der Waals surface area contributed by atoms with Crippen molar-refractivity contribution in [1.29, 1.82) is 0 Å². The molecule has 25 heavy (non-hydrogen) atoms. The summed E-state index contributed by atoms with van der Waals surface area (Å²) >= 11 is 0. The van der Waals surface area contributed by atoms with E-state index in [1.54, 1.807) is 42.5 Å². The minimum atomic E-state index is -1.41. The van der Waals surface area contributed by atoms with Crippen molar-refractivity contribution in [2.75, 3.05) is 0 Å². The number of carboxylic acids is 1. The number of aromatic amines is 1. The SMILES string of the molecule is O=C(c1ccccc1)c1cccc(-n2c(=O)cc(C(=O)O)[nH]c2=O)c1. The first-order valence-electron chi connectivity index (χ1n) is 7.27. The van der Waals surface area contributed by atoms with Crippen LogP contribution in [0.25, 0.3) is 5.69 Å². The topological polar surface area (TPSA) is 109 Å². The number of nitrogens with zero attached hydrogens (tertiary/aromatic N) is 1. The number of carbonyl (C=O) groups excluding carboxylic acids is 1. The molecule has 0 bridgehead atoms. The first-order chi connectivity index (χ1) is 12.0. The Balaban J connectivity index is 2.09. The third-order valence-electron chi connectivity index (χ3n) is 3.57. The minimum absolute atomic E-state index is 0.171. The second kappa shape index (κ2) is 6.40. The van der Waals surface area contributed by atoms with Crippen molar-refractivity contribution in [3.63, 3.8) is 0 Å². The summed E-state index contributed by atoms with van der Waals surface area (Å²) in [7, 11) is 0. The predicted molar refractivity (Wildman–Crippen MR) is 89.5 cm³/mol. The second-order valence-electron chi connectivity index (χ2n) is 5.21. The van der Waals surface area contributed by atoms with Gasteiger partial charge in [-0.1, -0.05) is 42.5 Å². The van der Waals surface area contributed by atoms with Gasteiger partial charge in [0.15, 0.2) is 5.78 Å². The molecular weight excluding hydrogens is 324 g/mol. The first-order valence-corrected chi connectivity index (χ1v) is 7.27. The molecule has 0 aliphatic heterocycles. The van der Waals surface area contributed by atoms with Gasteiger partial charge in [-0.05, 0) is 12.1 Å². The molecule has 0 amide bonds. The van der Waals surface area contributed by atoms with Crippen molar-refractivity contribution in [3.8, 4) is 5.69 Å². The second-order valence-corrected chi connectivity index (χ2v) is 5.21. The largest absolute Gasteiger partial charge is 0.477 e. The van der Waals surface area contributed by atoms with Crippen LogP contribution in [0.1, 0.15) is 26.4 Å². The van der Waals surface area contributed by atoms with E-state index in [4.69, 9.17) is 5.11 Å². The fourth-order valence-corrected chi connectivity index (χ4v) is 2.40. The van der Waals surface area contributed by atoms with Crippen molar-refractivity contribution in [3.05, 3.63) is 98.3 Å². The maximum Gasteiger partial charge on any atom is 0.352 e. The van der Waals surface area contributed by atoms with E-state index >= 15 is 0 Å². The van der Waals surface area contributed by atoms with Gasteiger partial charge in [0.05, 0.1) is 5.69 Å². The van der Waals surface area contributed by atoms with Crippen LogP contribution in [0.15, 0.2) is 70.3 Å². The van der Waals surface area contributed by atoms with Gasteiger partial charge in [-0.2, -0.15) is 0 Å². The third kappa shape index (κ3) is 3.16. The lowest BCUT2D eigenvalue weighted by Gasteiger charge is -2.07. The van der Waals surface area contributed by atoms with Gasteiger partial charge in [-0.15, -0.1) is 0 Å². The number of carboxylic acid groups (broad SMARTS) is 1. The van der Waals surface area contributed by atoms with E-state index in [1.165, 1.54) is 12.1 Å². The number of hydrogen-bond donors (Lipinski definition) is 2. The highest BCUT2D eigenvalue weighted by molar-refractivity contribution is 6.09. The number of ketones is 1. The molecule has 1 aromatic heterocycles. The molecule has 0 saturated heterocycles. The standard InChI is InChI=1S/C18H12N2O5/c21-15-10-14(17(23)24)19-18(25)20(15)13-8-4-7-12(9-13)16(22)11-5-2-1-3-6-11/h1-10H,(H,19,25)(H,23,24). The van der Waals surface area contributed by atoms with Gasteiger partial charge in [0.25, 0.3) is 5.56 Å². The van der Waals surface area contributed by atoms with E-state index in [0.717, 1.165) is 10.6 Å². The summed E-state index contributed by atoms with van der Waals surface area (Å²) < 4.78 is 0.772. The van der Waals surface area contributed by atoms with E-state index < -0.39 is 22.9 Å². The highest BCUT2D eigenvalue weighted by atomic mass is 16.4. The lowest BCUT2D eigenvalue weighted by atomic mass is 10.0. The summed E-state index contributed by atoms with van der Waals surface area (Å²) in [5.74, 6) is -1.66. The number of H-pyrrole nitrogens is 1. The molecule has 0 fully saturated rings. The van der Waals surface area contributed by atoms with Gasteiger partial charge in [0.2, 0.25) is 0 Å². The Bertz CT molecular complexity index is 1050. The zero-order chi connectivity index (χ0) is 18.0. The molecule has 3 aromatic rings. The van der Waals surface area contributed by atoms with Gasteiger partial charge in [0.1, 0.15) is 5.69 Å². The third-order valence-corrected chi connectivity index (χ3v) is 3.57. The normalized spacial score (nSPS) is 10.4. The van der Waals surface area contributed by atoms with Crippen LogP contribution in [-0.4, -0.2) is 26.4 Å². The molecule has 0 aliphatic carbocycles. The highest BCUT2D eigenvalue weighted by Gasteiger charge is 2.13. The van der Waals surface area contributed by atoms with E-state index in [-0.39, 0.29) is 11.5 Å². The van der Waals surface area contributed by atoms with Crippen LogP contribution in [-0.2, 0) is 0 Å². The summed E-state index contributed by atoms with van der Waals surface area (Å²) in [6.45, 7) is 0. The molecular formula is C18H12N2O5. The molecule has 7 heteroatoms. The Kier molecular flexibility index (Phi) is 4.13. The summed E-state index contributed by atoms with van der Waals surface area (Å²) in [5, 5.41) is 8.88. The molecule has 0 radical (unpaired) electrons. The lowest BCUT2D eigenvalue weighted by Crippen LogP contribution is -2.35. The van der Waals surface area contributed by atoms with E-state index in [1.807, 2.05) is 0 Å². The zero-order valence-corrected chi connectivity index (χ0v) is 12.8. The van der Waals surface area contributed by atoms with E-state index in [9.17, 15) is 19.2 Å². The smallest absolute Gasteiger partial charge is 0.352 e. The number of rotatable bonds is 4. The Morgan fingerprint density at radius 2 is 1.56 bits per heavy atom. The fourth-order valence-electron chi connectivity index (χ4n) is 2.40. The van der Waals surface area contributed by atoms with E-state index in [2.05, 4.69) is 4.98 Å². The summed E-state index contributed by atoms with van der Waals surface area (Å²) in [5.41, 5.74) is -1.24. The predicted octanol–water partition coefficient (Wildman–Crippen LogP) is 1.45. The van der Waals surface area contributed by atoms with Crippen LogP contribution in [0.5, 0.6) is 0 Å². The van der Waals surface area contributed by atoms with Gasteiger partial charge >= 0.3 is 11.7 Å². The lowest BCUT2D eigenvalue weighted by molar-refractivity contribution is 0.0689. The van der Waals surface area contributed by atoms with Crippen LogP contribution < -0.4 is 11.2 Å². The van der Waals surface area contributed by atoms with Crippen LogP contribution in [0.3, 0.4) is 0 Å². The number of carbonyl (C=O) groups is 2. The van der Waals surface area contributed by atoms with Crippen LogP contribution in [0.4, 0.5) is 0 Å². The Morgan fingerprint density at radius 3 is 2.20 bits per heavy atom. The van der Waals surface area contributed by atoms with Gasteiger partial charge in [0, 0.05) is 17.2 Å². The minimum Gasteiger partial charge on any atom is -0.477 e. The molecule has 1 heterocycles. The molecule has 0 aliphatic rings. The maximum absolute atomic E-state index is 12.5. The summed E-state index contributed by atoms with van der Waals surface area (Å²) in [6.07, 6.45) is 0. The summed E-state index contributed by atoms with van der Waals surface area (Å²) in [4.78, 5) is 49.7. The molecule has 124 valence electrons. The quantitative estimate of drug-likeness (QED) is 0.701. The van der Waals surface area contributed by atoms with Crippen molar-refractivity contribution in [1.82, 2.24) is 9.55 Å². The van der Waals surface area contributed by atoms with Crippen molar-refractivity contribution in [2.45, 2.75) is 0 Å². The number of aromatic nitrogens is 2. The average Bonchev–Trinajstić information content (AvgIpc) is 2.61. The molecule has 0 unspecified atom stereocenters. The van der Waals surface area contributed by atoms with Crippen molar-refractivity contribution >= 4 is 11.8 Å². The van der Waals surface area contributed by atoms with Gasteiger partial charge in [-0.25, -0.2) is 14.2 Å².